The molecule has 0 unspecified atom stereocenters. The first-order valence-corrected chi connectivity index (χ1v) is 11.3. The van der Waals surface area contributed by atoms with Crippen LogP contribution < -0.4 is 10.6 Å². The van der Waals surface area contributed by atoms with Crippen LogP contribution in [0.5, 0.6) is 0 Å². The SMILES string of the molecule is CCNC(=NCc1ccc(C)c(F)c1)NCCN1CCN(C(=O)C2CCCC2)CC1. The van der Waals surface area contributed by atoms with Crippen LogP contribution in [0.15, 0.2) is 23.2 Å². The number of carbonyl (C=O) groups is 1. The largest absolute Gasteiger partial charge is 0.357 e. The number of guanidine groups is 1. The van der Waals surface area contributed by atoms with Crippen LogP contribution in [0.3, 0.4) is 0 Å². The predicted octanol–water partition coefficient (Wildman–Crippen LogP) is 2.52. The highest BCUT2D eigenvalue weighted by Gasteiger charge is 2.29. The summed E-state index contributed by atoms with van der Waals surface area (Å²) in [6.45, 7) is 10.2. The highest BCUT2D eigenvalue weighted by molar-refractivity contribution is 5.80. The third-order valence-corrected chi connectivity index (χ3v) is 6.11. The van der Waals surface area contributed by atoms with Crippen molar-refractivity contribution in [3.05, 3.63) is 35.1 Å². The number of piperazine rings is 1. The first-order valence-electron chi connectivity index (χ1n) is 11.3. The summed E-state index contributed by atoms with van der Waals surface area (Å²) in [4.78, 5) is 21.6. The number of carbonyl (C=O) groups excluding carboxylic acids is 1. The monoisotopic (exact) mass is 417 g/mol. The molecule has 2 aliphatic rings. The summed E-state index contributed by atoms with van der Waals surface area (Å²) in [7, 11) is 0. The van der Waals surface area contributed by atoms with E-state index in [0.29, 0.717) is 18.0 Å². The molecular weight excluding hydrogens is 381 g/mol. The molecule has 0 spiro atoms. The fraction of sp³-hybridized carbons (Fsp3) is 0.652. The fourth-order valence-corrected chi connectivity index (χ4v) is 4.20. The van der Waals surface area contributed by atoms with Crippen LogP contribution in [-0.4, -0.2) is 67.5 Å². The van der Waals surface area contributed by atoms with Crippen LogP contribution in [0.25, 0.3) is 0 Å². The van der Waals surface area contributed by atoms with Gasteiger partial charge in [0.1, 0.15) is 5.82 Å². The Kier molecular flexibility index (Phi) is 8.49. The van der Waals surface area contributed by atoms with E-state index in [1.807, 2.05) is 13.0 Å². The van der Waals surface area contributed by atoms with E-state index in [4.69, 9.17) is 0 Å². The molecule has 1 saturated carbocycles. The molecule has 0 radical (unpaired) electrons. The van der Waals surface area contributed by atoms with Gasteiger partial charge in [0.15, 0.2) is 5.96 Å². The number of rotatable bonds is 7. The number of hydrogen-bond donors (Lipinski definition) is 2. The van der Waals surface area contributed by atoms with Crippen molar-refractivity contribution in [3.63, 3.8) is 0 Å². The number of amides is 1. The quantitative estimate of drug-likeness (QED) is 0.529. The highest BCUT2D eigenvalue weighted by atomic mass is 19.1. The molecule has 1 aliphatic heterocycles. The van der Waals surface area contributed by atoms with Crippen molar-refractivity contribution in [2.24, 2.45) is 10.9 Å². The molecule has 0 aromatic heterocycles. The van der Waals surface area contributed by atoms with E-state index in [0.717, 1.165) is 70.2 Å². The Morgan fingerprint density at radius 2 is 1.90 bits per heavy atom. The molecule has 0 atom stereocenters. The summed E-state index contributed by atoms with van der Waals surface area (Å²) in [6, 6.07) is 5.25. The second-order valence-corrected chi connectivity index (χ2v) is 8.35. The lowest BCUT2D eigenvalue weighted by Gasteiger charge is -2.36. The smallest absolute Gasteiger partial charge is 0.225 e. The fourth-order valence-electron chi connectivity index (χ4n) is 4.20. The summed E-state index contributed by atoms with van der Waals surface area (Å²) in [5.41, 5.74) is 1.51. The number of aliphatic imine (C=N–C) groups is 1. The van der Waals surface area contributed by atoms with E-state index < -0.39 is 0 Å². The molecule has 30 heavy (non-hydrogen) atoms. The van der Waals surface area contributed by atoms with Gasteiger partial charge in [0.05, 0.1) is 6.54 Å². The Balaban J connectivity index is 1.40. The summed E-state index contributed by atoms with van der Waals surface area (Å²) >= 11 is 0. The summed E-state index contributed by atoms with van der Waals surface area (Å²) in [6.07, 6.45) is 4.56. The van der Waals surface area contributed by atoms with Crippen molar-refractivity contribution < 1.29 is 9.18 Å². The zero-order valence-corrected chi connectivity index (χ0v) is 18.4. The topological polar surface area (TPSA) is 60.0 Å². The zero-order chi connectivity index (χ0) is 21.3. The van der Waals surface area contributed by atoms with Crippen molar-refractivity contribution in [2.75, 3.05) is 45.8 Å². The van der Waals surface area contributed by atoms with Gasteiger partial charge in [-0.25, -0.2) is 9.38 Å². The van der Waals surface area contributed by atoms with Crippen molar-refractivity contribution in [2.45, 2.75) is 46.1 Å². The standard InChI is InChI=1S/C23H36FN5O/c1-3-25-23(27-17-19-9-8-18(2)21(24)16-19)26-10-11-28-12-14-29(15-13-28)22(30)20-6-4-5-7-20/h8-9,16,20H,3-7,10-15,17H2,1-2H3,(H2,25,26,27). The molecule has 2 N–H and O–H groups in total. The molecule has 1 amide bonds. The van der Waals surface area contributed by atoms with Gasteiger partial charge >= 0.3 is 0 Å². The third kappa shape index (κ3) is 6.42. The Labute approximate surface area is 179 Å². The lowest BCUT2D eigenvalue weighted by molar-refractivity contribution is -0.137. The minimum atomic E-state index is -0.189. The van der Waals surface area contributed by atoms with Crippen LogP contribution in [0.2, 0.25) is 0 Å². The Morgan fingerprint density at radius 1 is 1.17 bits per heavy atom. The molecule has 166 valence electrons. The molecule has 7 heteroatoms. The average molecular weight is 418 g/mol. The number of nitrogens with one attached hydrogen (secondary N) is 2. The van der Waals surface area contributed by atoms with Gasteiger partial charge in [-0.1, -0.05) is 25.0 Å². The summed E-state index contributed by atoms with van der Waals surface area (Å²) in [5, 5.41) is 6.61. The zero-order valence-electron chi connectivity index (χ0n) is 18.4. The van der Waals surface area contributed by atoms with Crippen LogP contribution in [0.1, 0.15) is 43.7 Å². The van der Waals surface area contributed by atoms with E-state index in [1.165, 1.54) is 12.8 Å². The summed E-state index contributed by atoms with van der Waals surface area (Å²) < 4.78 is 13.7. The number of benzene rings is 1. The van der Waals surface area contributed by atoms with Gasteiger partial charge in [-0.2, -0.15) is 0 Å². The highest BCUT2D eigenvalue weighted by Crippen LogP contribution is 2.26. The van der Waals surface area contributed by atoms with Crippen LogP contribution >= 0.6 is 0 Å². The van der Waals surface area contributed by atoms with Gasteiger partial charge < -0.3 is 15.5 Å². The van der Waals surface area contributed by atoms with E-state index in [9.17, 15) is 9.18 Å². The van der Waals surface area contributed by atoms with E-state index in [1.54, 1.807) is 19.1 Å². The van der Waals surface area contributed by atoms with Crippen molar-refractivity contribution in [1.29, 1.82) is 0 Å². The average Bonchev–Trinajstić information content (AvgIpc) is 3.29. The van der Waals surface area contributed by atoms with Crippen LogP contribution in [-0.2, 0) is 11.3 Å². The first kappa shape index (κ1) is 22.5. The number of hydrogen-bond acceptors (Lipinski definition) is 3. The molecule has 1 aromatic rings. The first-order chi connectivity index (χ1) is 14.6. The second-order valence-electron chi connectivity index (χ2n) is 8.35. The molecule has 1 aliphatic carbocycles. The molecule has 1 heterocycles. The third-order valence-electron chi connectivity index (χ3n) is 6.11. The predicted molar refractivity (Wildman–Crippen MR) is 119 cm³/mol. The maximum Gasteiger partial charge on any atom is 0.225 e. The van der Waals surface area contributed by atoms with Gasteiger partial charge in [0.2, 0.25) is 5.91 Å². The van der Waals surface area contributed by atoms with Crippen molar-refractivity contribution >= 4 is 11.9 Å². The molecule has 1 aromatic carbocycles. The minimum absolute atomic E-state index is 0.189. The van der Waals surface area contributed by atoms with Gasteiger partial charge in [-0.15, -0.1) is 0 Å². The van der Waals surface area contributed by atoms with Gasteiger partial charge in [-0.3, -0.25) is 9.69 Å². The van der Waals surface area contributed by atoms with Crippen molar-refractivity contribution in [3.8, 4) is 0 Å². The maximum atomic E-state index is 13.7. The Hall–Kier alpha value is -2.15. The van der Waals surface area contributed by atoms with E-state index in [2.05, 4.69) is 25.4 Å². The lowest BCUT2D eigenvalue weighted by Crippen LogP contribution is -2.51. The second kappa shape index (κ2) is 11.3. The number of halogens is 1. The Bertz CT molecular complexity index is 724. The van der Waals surface area contributed by atoms with Crippen LogP contribution in [0, 0.1) is 18.7 Å². The minimum Gasteiger partial charge on any atom is -0.357 e. The van der Waals surface area contributed by atoms with Crippen LogP contribution in [0.4, 0.5) is 4.39 Å². The molecule has 1 saturated heterocycles. The Morgan fingerprint density at radius 3 is 2.57 bits per heavy atom. The lowest BCUT2D eigenvalue weighted by atomic mass is 10.1. The number of nitrogens with zero attached hydrogens (tertiary/aromatic N) is 3. The van der Waals surface area contributed by atoms with Gasteiger partial charge in [0, 0.05) is 51.7 Å². The van der Waals surface area contributed by atoms with E-state index >= 15 is 0 Å². The number of aryl methyl sites for hydroxylation is 1. The van der Waals surface area contributed by atoms with Crippen molar-refractivity contribution in [1.82, 2.24) is 20.4 Å². The maximum absolute atomic E-state index is 13.7. The molecule has 3 rings (SSSR count). The summed E-state index contributed by atoms with van der Waals surface area (Å²) in [5.74, 6) is 1.21. The molecule has 2 fully saturated rings. The normalized spacial score (nSPS) is 18.6. The van der Waals surface area contributed by atoms with E-state index in [-0.39, 0.29) is 11.7 Å². The van der Waals surface area contributed by atoms with Gasteiger partial charge in [0.25, 0.3) is 0 Å². The van der Waals surface area contributed by atoms with Gasteiger partial charge in [-0.05, 0) is 43.9 Å². The molecule has 6 nitrogen and oxygen atoms in total. The molecule has 0 bridgehead atoms. The molecular formula is C23H36FN5O.